The molecular weight excluding hydrogens is 162 g/mol. The molecule has 1 fully saturated rings. The number of hydrogen-bond acceptors (Lipinski definition) is 3. The van der Waals surface area contributed by atoms with Crippen molar-refractivity contribution in [2.24, 2.45) is 0 Å². The highest BCUT2D eigenvalue weighted by atomic mass is 15.1. The van der Waals surface area contributed by atoms with Gasteiger partial charge in [-0.1, -0.05) is 6.07 Å². The number of rotatable bonds is 1. The summed E-state index contributed by atoms with van der Waals surface area (Å²) in [6.45, 7) is 5.13. The average molecular weight is 177 g/mol. The van der Waals surface area contributed by atoms with E-state index >= 15 is 0 Å². The Kier molecular flexibility index (Phi) is 2.57. The van der Waals surface area contributed by atoms with Gasteiger partial charge in [0.25, 0.3) is 0 Å². The second-order valence-corrected chi connectivity index (χ2v) is 3.47. The van der Waals surface area contributed by atoms with Gasteiger partial charge in [-0.05, 0) is 18.6 Å². The van der Waals surface area contributed by atoms with Crippen molar-refractivity contribution in [2.45, 2.75) is 13.0 Å². The standard InChI is InChI=1S/C10H15N3/c1-8-2-3-9(13-6-8)10-7-11-4-5-12-10/h2-3,6,10-12H,4-5,7H2,1H3/t10-/m1/s1. The molecule has 13 heavy (non-hydrogen) atoms. The summed E-state index contributed by atoms with van der Waals surface area (Å²) in [4.78, 5) is 4.40. The van der Waals surface area contributed by atoms with Crippen LogP contribution in [0.15, 0.2) is 18.3 Å². The molecule has 0 unspecified atom stereocenters. The Morgan fingerprint density at radius 3 is 2.92 bits per heavy atom. The Labute approximate surface area is 78.6 Å². The van der Waals surface area contributed by atoms with Gasteiger partial charge in [0.2, 0.25) is 0 Å². The minimum absolute atomic E-state index is 0.384. The quantitative estimate of drug-likeness (QED) is 0.660. The van der Waals surface area contributed by atoms with Crippen molar-refractivity contribution in [3.63, 3.8) is 0 Å². The predicted molar refractivity (Wildman–Crippen MR) is 52.6 cm³/mol. The third-order valence-electron chi connectivity index (χ3n) is 2.33. The maximum atomic E-state index is 4.40. The van der Waals surface area contributed by atoms with Crippen LogP contribution in [0.3, 0.4) is 0 Å². The topological polar surface area (TPSA) is 37.0 Å². The van der Waals surface area contributed by atoms with Crippen molar-refractivity contribution in [1.29, 1.82) is 0 Å². The Hall–Kier alpha value is -0.930. The zero-order valence-corrected chi connectivity index (χ0v) is 7.88. The summed E-state index contributed by atoms with van der Waals surface area (Å²) in [5, 5.41) is 6.78. The SMILES string of the molecule is Cc1ccc([C@H]2CNCCN2)nc1. The Morgan fingerprint density at radius 2 is 2.31 bits per heavy atom. The van der Waals surface area contributed by atoms with Crippen LogP contribution in [0.4, 0.5) is 0 Å². The van der Waals surface area contributed by atoms with Crippen molar-refractivity contribution < 1.29 is 0 Å². The monoisotopic (exact) mass is 177 g/mol. The molecule has 0 aromatic carbocycles. The van der Waals surface area contributed by atoms with E-state index in [9.17, 15) is 0 Å². The van der Waals surface area contributed by atoms with E-state index in [0.717, 1.165) is 25.3 Å². The molecule has 0 aliphatic carbocycles. The molecule has 0 spiro atoms. The van der Waals surface area contributed by atoms with Crippen LogP contribution in [0.5, 0.6) is 0 Å². The van der Waals surface area contributed by atoms with Crippen molar-refractivity contribution in [2.75, 3.05) is 19.6 Å². The fourth-order valence-electron chi connectivity index (χ4n) is 1.55. The number of aromatic nitrogens is 1. The average Bonchev–Trinajstić information content (AvgIpc) is 2.20. The minimum Gasteiger partial charge on any atom is -0.314 e. The van der Waals surface area contributed by atoms with Crippen LogP contribution < -0.4 is 10.6 Å². The summed E-state index contributed by atoms with van der Waals surface area (Å²) in [7, 11) is 0. The van der Waals surface area contributed by atoms with E-state index in [4.69, 9.17) is 0 Å². The second kappa shape index (κ2) is 3.85. The molecule has 2 rings (SSSR count). The van der Waals surface area contributed by atoms with E-state index in [1.165, 1.54) is 5.56 Å². The van der Waals surface area contributed by atoms with Crippen molar-refractivity contribution >= 4 is 0 Å². The summed E-state index contributed by atoms with van der Waals surface area (Å²) < 4.78 is 0. The molecule has 1 aromatic rings. The van der Waals surface area contributed by atoms with Crippen LogP contribution in [0, 0.1) is 6.92 Å². The molecule has 0 saturated carbocycles. The Balaban J connectivity index is 2.10. The van der Waals surface area contributed by atoms with Crippen molar-refractivity contribution in [3.8, 4) is 0 Å². The van der Waals surface area contributed by atoms with Gasteiger partial charge in [-0.2, -0.15) is 0 Å². The predicted octanol–water partition coefficient (Wildman–Crippen LogP) is 0.624. The summed E-state index contributed by atoms with van der Waals surface area (Å²) in [5.41, 5.74) is 2.35. The molecule has 1 saturated heterocycles. The molecular formula is C10H15N3. The second-order valence-electron chi connectivity index (χ2n) is 3.47. The van der Waals surface area contributed by atoms with E-state index in [1.807, 2.05) is 6.20 Å². The van der Waals surface area contributed by atoms with Gasteiger partial charge >= 0.3 is 0 Å². The Bertz CT molecular complexity index is 262. The lowest BCUT2D eigenvalue weighted by molar-refractivity contribution is 0.423. The van der Waals surface area contributed by atoms with Crippen molar-refractivity contribution in [3.05, 3.63) is 29.6 Å². The summed E-state index contributed by atoms with van der Waals surface area (Å²) >= 11 is 0. The lowest BCUT2D eigenvalue weighted by Gasteiger charge is -2.23. The smallest absolute Gasteiger partial charge is 0.0622 e. The van der Waals surface area contributed by atoms with Crippen LogP contribution in [0.2, 0.25) is 0 Å². The van der Waals surface area contributed by atoms with Crippen LogP contribution in [0.1, 0.15) is 17.3 Å². The van der Waals surface area contributed by atoms with E-state index in [-0.39, 0.29) is 0 Å². The first-order chi connectivity index (χ1) is 6.36. The fourth-order valence-corrected chi connectivity index (χ4v) is 1.55. The molecule has 2 heterocycles. The summed E-state index contributed by atoms with van der Waals surface area (Å²) in [6.07, 6.45) is 1.92. The number of hydrogen-bond donors (Lipinski definition) is 2. The van der Waals surface area contributed by atoms with Gasteiger partial charge in [-0.25, -0.2) is 0 Å². The van der Waals surface area contributed by atoms with Gasteiger partial charge in [0.05, 0.1) is 11.7 Å². The highest BCUT2D eigenvalue weighted by molar-refractivity contribution is 5.15. The first-order valence-electron chi connectivity index (χ1n) is 4.73. The molecule has 0 bridgehead atoms. The van der Waals surface area contributed by atoms with Crippen LogP contribution in [-0.4, -0.2) is 24.6 Å². The number of aryl methyl sites for hydroxylation is 1. The zero-order chi connectivity index (χ0) is 9.10. The molecule has 3 heteroatoms. The maximum Gasteiger partial charge on any atom is 0.0622 e. The van der Waals surface area contributed by atoms with Crippen molar-refractivity contribution in [1.82, 2.24) is 15.6 Å². The lowest BCUT2D eigenvalue weighted by Crippen LogP contribution is -2.42. The third-order valence-corrected chi connectivity index (χ3v) is 2.33. The first-order valence-corrected chi connectivity index (χ1v) is 4.73. The molecule has 0 radical (unpaired) electrons. The van der Waals surface area contributed by atoms with Gasteiger partial charge in [0, 0.05) is 25.8 Å². The molecule has 70 valence electrons. The van der Waals surface area contributed by atoms with E-state index in [0.29, 0.717) is 6.04 Å². The van der Waals surface area contributed by atoms with Gasteiger partial charge in [0.1, 0.15) is 0 Å². The number of nitrogens with one attached hydrogen (secondary N) is 2. The van der Waals surface area contributed by atoms with E-state index in [1.54, 1.807) is 0 Å². The number of nitrogens with zero attached hydrogens (tertiary/aromatic N) is 1. The molecule has 1 aliphatic heterocycles. The normalized spacial score (nSPS) is 23.0. The minimum atomic E-state index is 0.384. The molecule has 0 amide bonds. The molecule has 1 aromatic heterocycles. The van der Waals surface area contributed by atoms with Gasteiger partial charge in [-0.3, -0.25) is 4.98 Å². The molecule has 1 atom stereocenters. The van der Waals surface area contributed by atoms with Crippen LogP contribution in [0.25, 0.3) is 0 Å². The lowest BCUT2D eigenvalue weighted by atomic mass is 10.1. The van der Waals surface area contributed by atoms with Crippen LogP contribution in [-0.2, 0) is 0 Å². The third kappa shape index (κ3) is 2.05. The maximum absolute atomic E-state index is 4.40. The van der Waals surface area contributed by atoms with Gasteiger partial charge < -0.3 is 10.6 Å². The van der Waals surface area contributed by atoms with E-state index in [2.05, 4.69) is 34.7 Å². The Morgan fingerprint density at radius 1 is 1.38 bits per heavy atom. The van der Waals surface area contributed by atoms with Gasteiger partial charge in [0.15, 0.2) is 0 Å². The summed E-state index contributed by atoms with van der Waals surface area (Å²) in [5.74, 6) is 0. The summed E-state index contributed by atoms with van der Waals surface area (Å²) in [6, 6.07) is 4.59. The highest BCUT2D eigenvalue weighted by Gasteiger charge is 2.14. The molecule has 1 aliphatic rings. The van der Waals surface area contributed by atoms with Gasteiger partial charge in [-0.15, -0.1) is 0 Å². The van der Waals surface area contributed by atoms with Crippen LogP contribution >= 0.6 is 0 Å². The van der Waals surface area contributed by atoms with E-state index < -0.39 is 0 Å². The first kappa shape index (κ1) is 8.66. The highest BCUT2D eigenvalue weighted by Crippen LogP contribution is 2.10. The molecule has 2 N–H and O–H groups in total. The number of piperazine rings is 1. The number of pyridine rings is 1. The zero-order valence-electron chi connectivity index (χ0n) is 7.88. The molecule has 3 nitrogen and oxygen atoms in total. The largest absolute Gasteiger partial charge is 0.314 e. The fraction of sp³-hybridized carbons (Fsp3) is 0.500.